The van der Waals surface area contributed by atoms with Crippen molar-refractivity contribution < 1.29 is 14.6 Å². The smallest absolute Gasteiger partial charge is 0.323 e. The second-order valence-electron chi connectivity index (χ2n) is 2.66. The average Bonchev–Trinajstić information content (AvgIpc) is 2.15. The van der Waals surface area contributed by atoms with E-state index in [-0.39, 0.29) is 6.61 Å². The van der Waals surface area contributed by atoms with Crippen LogP contribution in [-0.4, -0.2) is 48.9 Å². The summed E-state index contributed by atoms with van der Waals surface area (Å²) >= 11 is 1.71. The summed E-state index contributed by atoms with van der Waals surface area (Å²) in [6.07, 6.45) is 1.83. The fraction of sp³-hybridized carbons (Fsp3) is 0.667. The van der Waals surface area contributed by atoms with Gasteiger partial charge < -0.3 is 15.2 Å². The second-order valence-corrected chi connectivity index (χ2v) is 3.81. The number of ether oxygens (including phenoxy) is 1. The zero-order valence-corrected chi connectivity index (χ0v) is 9.18. The summed E-state index contributed by atoms with van der Waals surface area (Å²) in [6.45, 7) is 4.46. The largest absolute Gasteiger partial charge is 0.480 e. The van der Waals surface area contributed by atoms with Gasteiger partial charge >= 0.3 is 5.97 Å². The monoisotopic (exact) mass is 219 g/mol. The van der Waals surface area contributed by atoms with Gasteiger partial charge in [-0.15, -0.1) is 6.58 Å². The van der Waals surface area contributed by atoms with Crippen molar-refractivity contribution in [2.45, 2.75) is 6.04 Å². The summed E-state index contributed by atoms with van der Waals surface area (Å²) in [5.41, 5.74) is 0. The third-order valence-electron chi connectivity index (χ3n) is 1.50. The third-order valence-corrected chi connectivity index (χ3v) is 2.47. The maximum absolute atomic E-state index is 10.6. The van der Waals surface area contributed by atoms with Gasteiger partial charge in [-0.2, -0.15) is 11.8 Å². The molecule has 5 heteroatoms. The molecule has 0 rings (SSSR count). The number of methoxy groups -OCH3 is 1. The van der Waals surface area contributed by atoms with Crippen molar-refractivity contribution in [1.82, 2.24) is 5.32 Å². The van der Waals surface area contributed by atoms with Crippen LogP contribution in [0.3, 0.4) is 0 Å². The Kier molecular flexibility index (Phi) is 8.72. The minimum atomic E-state index is -0.874. The molecule has 0 saturated carbocycles. The van der Waals surface area contributed by atoms with Crippen molar-refractivity contribution >= 4 is 17.7 Å². The standard InChI is InChI=1S/C9H17NO3S/c1-3-5-14-6-4-10-8(7-13-2)9(11)12/h3,8,10H,1,4-7H2,2H3,(H,11,12). The van der Waals surface area contributed by atoms with E-state index in [1.165, 1.54) is 7.11 Å². The van der Waals surface area contributed by atoms with E-state index in [9.17, 15) is 4.79 Å². The molecule has 0 aliphatic rings. The van der Waals surface area contributed by atoms with Gasteiger partial charge in [-0.1, -0.05) is 6.08 Å². The Balaban J connectivity index is 3.50. The van der Waals surface area contributed by atoms with Crippen molar-refractivity contribution in [2.75, 3.05) is 31.8 Å². The molecule has 0 aliphatic carbocycles. The maximum atomic E-state index is 10.6. The summed E-state index contributed by atoms with van der Waals surface area (Å²) in [5, 5.41) is 11.6. The third kappa shape index (κ3) is 6.94. The van der Waals surface area contributed by atoms with Gasteiger partial charge in [0.15, 0.2) is 0 Å². The lowest BCUT2D eigenvalue weighted by Gasteiger charge is -2.12. The van der Waals surface area contributed by atoms with Crippen molar-refractivity contribution in [3.05, 3.63) is 12.7 Å². The van der Waals surface area contributed by atoms with Gasteiger partial charge in [0.2, 0.25) is 0 Å². The quantitative estimate of drug-likeness (QED) is 0.439. The van der Waals surface area contributed by atoms with E-state index in [2.05, 4.69) is 11.9 Å². The summed E-state index contributed by atoms with van der Waals surface area (Å²) in [7, 11) is 1.49. The van der Waals surface area contributed by atoms with Gasteiger partial charge in [0, 0.05) is 25.2 Å². The van der Waals surface area contributed by atoms with Crippen molar-refractivity contribution in [1.29, 1.82) is 0 Å². The molecule has 0 fully saturated rings. The van der Waals surface area contributed by atoms with Crippen LogP contribution in [0.2, 0.25) is 0 Å². The van der Waals surface area contributed by atoms with Gasteiger partial charge in [0.1, 0.15) is 6.04 Å². The minimum absolute atomic E-state index is 0.196. The first kappa shape index (κ1) is 13.5. The highest BCUT2D eigenvalue weighted by Crippen LogP contribution is 1.97. The number of hydrogen-bond acceptors (Lipinski definition) is 4. The van der Waals surface area contributed by atoms with Gasteiger partial charge in [-0.3, -0.25) is 4.79 Å². The molecule has 0 bridgehead atoms. The van der Waals surface area contributed by atoms with Gasteiger partial charge in [-0.05, 0) is 0 Å². The highest BCUT2D eigenvalue weighted by atomic mass is 32.2. The van der Waals surface area contributed by atoms with Crippen LogP contribution in [0.15, 0.2) is 12.7 Å². The number of hydrogen-bond donors (Lipinski definition) is 2. The number of carboxylic acid groups (broad SMARTS) is 1. The summed E-state index contributed by atoms with van der Waals surface area (Å²) in [5.74, 6) is 0.893. The molecule has 2 N–H and O–H groups in total. The number of thioether (sulfide) groups is 1. The Hall–Kier alpha value is -0.520. The zero-order valence-electron chi connectivity index (χ0n) is 8.36. The number of rotatable bonds is 9. The highest BCUT2D eigenvalue weighted by Gasteiger charge is 2.15. The van der Waals surface area contributed by atoms with Crippen molar-refractivity contribution in [3.8, 4) is 0 Å². The van der Waals surface area contributed by atoms with Crippen LogP contribution in [0.25, 0.3) is 0 Å². The molecular formula is C9H17NO3S. The molecule has 0 aromatic heterocycles. The summed E-state index contributed by atoms with van der Waals surface area (Å²) in [6, 6.07) is -0.607. The van der Waals surface area contributed by atoms with Crippen LogP contribution in [0, 0.1) is 0 Å². The predicted octanol–water partition coefficient (Wildman–Crippen LogP) is 0.595. The van der Waals surface area contributed by atoms with Crippen LogP contribution >= 0.6 is 11.8 Å². The maximum Gasteiger partial charge on any atom is 0.323 e. The number of nitrogens with one attached hydrogen (secondary N) is 1. The van der Waals surface area contributed by atoms with Crippen LogP contribution in [0.5, 0.6) is 0 Å². The van der Waals surface area contributed by atoms with E-state index in [4.69, 9.17) is 9.84 Å². The molecule has 0 spiro atoms. The molecule has 14 heavy (non-hydrogen) atoms. The Morgan fingerprint density at radius 2 is 2.50 bits per heavy atom. The molecule has 1 atom stereocenters. The molecule has 0 amide bonds. The van der Waals surface area contributed by atoms with Crippen molar-refractivity contribution in [2.24, 2.45) is 0 Å². The first-order valence-electron chi connectivity index (χ1n) is 4.36. The van der Waals surface area contributed by atoms with E-state index >= 15 is 0 Å². The Labute approximate surface area is 88.7 Å². The summed E-state index contributed by atoms with van der Waals surface area (Å²) in [4.78, 5) is 10.6. The van der Waals surface area contributed by atoms with Crippen LogP contribution < -0.4 is 5.32 Å². The fourth-order valence-electron chi connectivity index (χ4n) is 0.856. The highest BCUT2D eigenvalue weighted by molar-refractivity contribution is 7.99. The molecule has 0 saturated heterocycles. The molecule has 0 aromatic rings. The van der Waals surface area contributed by atoms with E-state index in [0.29, 0.717) is 6.54 Å². The number of carbonyl (C=O) groups is 1. The van der Waals surface area contributed by atoms with Gasteiger partial charge in [-0.25, -0.2) is 0 Å². The topological polar surface area (TPSA) is 58.6 Å². The van der Waals surface area contributed by atoms with E-state index in [0.717, 1.165) is 11.5 Å². The molecular weight excluding hydrogens is 202 g/mol. The minimum Gasteiger partial charge on any atom is -0.480 e. The Morgan fingerprint density at radius 3 is 3.00 bits per heavy atom. The van der Waals surface area contributed by atoms with E-state index in [1.54, 1.807) is 11.8 Å². The predicted molar refractivity (Wildman–Crippen MR) is 58.8 cm³/mol. The summed E-state index contributed by atoms with van der Waals surface area (Å²) < 4.78 is 4.78. The molecule has 4 nitrogen and oxygen atoms in total. The SMILES string of the molecule is C=CCSCCNC(COC)C(=O)O. The number of aliphatic carboxylic acids is 1. The molecule has 0 aromatic carbocycles. The van der Waals surface area contributed by atoms with Crippen molar-refractivity contribution in [3.63, 3.8) is 0 Å². The number of carboxylic acids is 1. The molecule has 0 heterocycles. The average molecular weight is 219 g/mol. The molecule has 1 unspecified atom stereocenters. The van der Waals surface area contributed by atoms with Crippen LogP contribution in [0.1, 0.15) is 0 Å². The van der Waals surface area contributed by atoms with Gasteiger partial charge in [0.05, 0.1) is 6.61 Å². The zero-order chi connectivity index (χ0) is 10.8. The first-order chi connectivity index (χ1) is 6.72. The normalized spacial score (nSPS) is 12.4. The molecule has 0 radical (unpaired) electrons. The lowest BCUT2D eigenvalue weighted by molar-refractivity contribution is -0.140. The van der Waals surface area contributed by atoms with E-state index in [1.807, 2.05) is 6.08 Å². The fourth-order valence-corrected chi connectivity index (χ4v) is 1.45. The van der Waals surface area contributed by atoms with Crippen LogP contribution in [0.4, 0.5) is 0 Å². The Bertz CT molecular complexity index is 175. The van der Waals surface area contributed by atoms with E-state index < -0.39 is 12.0 Å². The lowest BCUT2D eigenvalue weighted by Crippen LogP contribution is -2.41. The van der Waals surface area contributed by atoms with Crippen LogP contribution in [-0.2, 0) is 9.53 Å². The Morgan fingerprint density at radius 1 is 1.79 bits per heavy atom. The molecule has 0 aliphatic heterocycles. The molecule has 82 valence electrons. The van der Waals surface area contributed by atoms with Gasteiger partial charge in [0.25, 0.3) is 0 Å². The first-order valence-corrected chi connectivity index (χ1v) is 5.51. The lowest BCUT2D eigenvalue weighted by atomic mass is 10.3. The second kappa shape index (κ2) is 9.05.